The second-order valence-electron chi connectivity index (χ2n) is 8.85. The minimum atomic E-state index is -4.43. The van der Waals surface area contributed by atoms with E-state index < -0.39 is 11.7 Å². The van der Waals surface area contributed by atoms with Gasteiger partial charge in [0.2, 0.25) is 11.7 Å². The van der Waals surface area contributed by atoms with Gasteiger partial charge in [0.1, 0.15) is 0 Å². The average molecular weight is 470 g/mol. The fraction of sp³-hybridized carbons (Fsp3) is 0.400. The molecule has 0 unspecified atom stereocenters. The zero-order valence-electron chi connectivity index (χ0n) is 18.6. The number of halogens is 3. The number of amides is 1. The maximum atomic E-state index is 13.0. The zero-order chi connectivity index (χ0) is 23.7. The summed E-state index contributed by atoms with van der Waals surface area (Å²) in [6.07, 6.45) is 0.0848. The molecule has 1 aliphatic carbocycles. The molecule has 0 radical (unpaired) electrons. The van der Waals surface area contributed by atoms with Crippen LogP contribution in [0.5, 0.6) is 0 Å². The predicted octanol–water partition coefficient (Wildman–Crippen LogP) is 4.59. The lowest BCUT2D eigenvalue weighted by Gasteiger charge is -2.34. The van der Waals surface area contributed by atoms with Crippen LogP contribution in [0.15, 0.2) is 47.0 Å². The fourth-order valence-corrected chi connectivity index (χ4v) is 4.62. The number of hydrogen-bond acceptors (Lipinski definition) is 5. The van der Waals surface area contributed by atoms with Crippen LogP contribution in [0.1, 0.15) is 45.8 Å². The Balaban J connectivity index is 1.18. The fourth-order valence-electron chi connectivity index (χ4n) is 4.62. The molecule has 3 aromatic rings. The normalized spacial score (nSPS) is 17.0. The Hall–Kier alpha value is -3.20. The number of benzene rings is 2. The van der Waals surface area contributed by atoms with E-state index in [-0.39, 0.29) is 17.3 Å². The number of rotatable bonds is 4. The van der Waals surface area contributed by atoms with E-state index in [1.54, 1.807) is 0 Å². The number of hydrogen-bond donors (Lipinski definition) is 0. The first kappa shape index (κ1) is 22.6. The first-order chi connectivity index (χ1) is 16.4. The molecule has 6 nitrogen and oxygen atoms in total. The molecule has 178 valence electrons. The largest absolute Gasteiger partial charge is 0.416 e. The highest BCUT2D eigenvalue weighted by Crippen LogP contribution is 2.31. The van der Waals surface area contributed by atoms with Gasteiger partial charge < -0.3 is 9.42 Å². The highest BCUT2D eigenvalue weighted by atomic mass is 19.4. The minimum Gasteiger partial charge on any atom is -0.338 e. The van der Waals surface area contributed by atoms with Crippen molar-refractivity contribution in [2.75, 3.05) is 26.2 Å². The summed E-state index contributed by atoms with van der Waals surface area (Å²) in [7, 11) is 0. The molecule has 2 heterocycles. The standard InChI is InChI=1S/C25H25F3N4O2/c26-25(27,28)21-7-3-6-19(15-21)23-29-22(34-30-23)16-31-10-12-32(13-11-31)24(33)20-9-8-17-4-1-2-5-18(17)14-20/h3,6-9,14-15H,1-2,4-5,10-13,16H2. The van der Waals surface area contributed by atoms with E-state index in [0.29, 0.717) is 38.6 Å². The van der Waals surface area contributed by atoms with Crippen molar-refractivity contribution in [3.63, 3.8) is 0 Å². The quantitative estimate of drug-likeness (QED) is 0.558. The SMILES string of the molecule is O=C(c1ccc2c(c1)CCCC2)N1CCN(Cc2nc(-c3cccc(C(F)(F)F)c3)no2)CC1. The first-order valence-corrected chi connectivity index (χ1v) is 11.5. The van der Waals surface area contributed by atoms with Gasteiger partial charge in [0, 0.05) is 37.3 Å². The molecule has 1 aliphatic heterocycles. The molecule has 34 heavy (non-hydrogen) atoms. The number of nitrogens with zero attached hydrogens (tertiary/aromatic N) is 4. The lowest BCUT2D eigenvalue weighted by molar-refractivity contribution is -0.137. The van der Waals surface area contributed by atoms with Crippen molar-refractivity contribution < 1.29 is 22.5 Å². The van der Waals surface area contributed by atoms with Gasteiger partial charge in [-0.1, -0.05) is 23.4 Å². The van der Waals surface area contributed by atoms with Crippen molar-refractivity contribution in [2.45, 2.75) is 38.4 Å². The highest BCUT2D eigenvalue weighted by Gasteiger charge is 2.31. The number of alkyl halides is 3. The molecule has 1 saturated heterocycles. The molecule has 1 amide bonds. The summed E-state index contributed by atoms with van der Waals surface area (Å²) in [5.74, 6) is 0.516. The molecule has 0 spiro atoms. The van der Waals surface area contributed by atoms with Crippen LogP contribution in [-0.4, -0.2) is 52.0 Å². The van der Waals surface area contributed by atoms with Crippen molar-refractivity contribution in [1.29, 1.82) is 0 Å². The molecule has 5 rings (SSSR count). The Morgan fingerprint density at radius 2 is 1.74 bits per heavy atom. The van der Waals surface area contributed by atoms with Crippen LogP contribution in [0, 0.1) is 0 Å². The maximum absolute atomic E-state index is 13.0. The third-order valence-corrected chi connectivity index (χ3v) is 6.53. The van der Waals surface area contributed by atoms with E-state index in [1.165, 1.54) is 36.1 Å². The van der Waals surface area contributed by atoms with Gasteiger partial charge in [0.05, 0.1) is 12.1 Å². The topological polar surface area (TPSA) is 62.5 Å². The number of piperazine rings is 1. The number of fused-ring (bicyclic) bond motifs is 1. The van der Waals surface area contributed by atoms with Crippen molar-refractivity contribution >= 4 is 5.91 Å². The van der Waals surface area contributed by atoms with Crippen LogP contribution < -0.4 is 0 Å². The van der Waals surface area contributed by atoms with Crippen molar-refractivity contribution in [2.24, 2.45) is 0 Å². The van der Waals surface area contributed by atoms with Crippen LogP contribution in [0.3, 0.4) is 0 Å². The molecule has 0 atom stereocenters. The summed E-state index contributed by atoms with van der Waals surface area (Å²) in [6.45, 7) is 2.86. The van der Waals surface area contributed by atoms with Crippen molar-refractivity contribution in [3.8, 4) is 11.4 Å². The molecular weight excluding hydrogens is 445 g/mol. The number of carbonyl (C=O) groups excluding carboxylic acids is 1. The van der Waals surface area contributed by atoms with Crippen molar-refractivity contribution in [3.05, 3.63) is 70.6 Å². The number of aryl methyl sites for hydroxylation is 2. The van der Waals surface area contributed by atoms with Crippen LogP contribution in [-0.2, 0) is 25.6 Å². The number of carbonyl (C=O) groups is 1. The second kappa shape index (κ2) is 9.21. The van der Waals surface area contributed by atoms with E-state index in [1.807, 2.05) is 11.0 Å². The third-order valence-electron chi connectivity index (χ3n) is 6.53. The maximum Gasteiger partial charge on any atom is 0.416 e. The van der Waals surface area contributed by atoms with E-state index in [4.69, 9.17) is 4.52 Å². The van der Waals surface area contributed by atoms with Gasteiger partial charge in [-0.3, -0.25) is 9.69 Å². The van der Waals surface area contributed by atoms with E-state index in [9.17, 15) is 18.0 Å². The third kappa shape index (κ3) is 4.84. The van der Waals surface area contributed by atoms with Gasteiger partial charge in [0.25, 0.3) is 5.91 Å². The summed E-state index contributed by atoms with van der Waals surface area (Å²) in [6, 6.07) is 11.0. The predicted molar refractivity (Wildman–Crippen MR) is 119 cm³/mol. The Kier molecular flexibility index (Phi) is 6.12. The van der Waals surface area contributed by atoms with Gasteiger partial charge in [-0.05, 0) is 61.1 Å². The average Bonchev–Trinajstić information content (AvgIpc) is 3.32. The Bertz CT molecular complexity index is 1180. The first-order valence-electron chi connectivity index (χ1n) is 11.5. The monoisotopic (exact) mass is 470 g/mol. The lowest BCUT2D eigenvalue weighted by Crippen LogP contribution is -2.48. The molecule has 1 aromatic heterocycles. The molecule has 2 aromatic carbocycles. The van der Waals surface area contributed by atoms with Crippen LogP contribution >= 0.6 is 0 Å². The molecule has 9 heteroatoms. The second-order valence-corrected chi connectivity index (χ2v) is 8.85. The smallest absolute Gasteiger partial charge is 0.338 e. The Morgan fingerprint density at radius 3 is 2.50 bits per heavy atom. The molecule has 0 saturated carbocycles. The van der Waals surface area contributed by atoms with Crippen LogP contribution in [0.4, 0.5) is 13.2 Å². The van der Waals surface area contributed by atoms with Gasteiger partial charge in [-0.25, -0.2) is 0 Å². The molecule has 2 aliphatic rings. The van der Waals surface area contributed by atoms with Gasteiger partial charge in [-0.15, -0.1) is 0 Å². The summed E-state index contributed by atoms with van der Waals surface area (Å²) in [4.78, 5) is 21.2. The Labute approximate surface area is 195 Å². The van der Waals surface area contributed by atoms with Gasteiger partial charge in [-0.2, -0.15) is 18.2 Å². The Morgan fingerprint density at radius 1 is 0.971 bits per heavy atom. The summed E-state index contributed by atoms with van der Waals surface area (Å²) >= 11 is 0. The van der Waals surface area contributed by atoms with Crippen LogP contribution in [0.25, 0.3) is 11.4 Å². The zero-order valence-corrected chi connectivity index (χ0v) is 18.6. The van der Waals surface area contributed by atoms with E-state index in [0.717, 1.165) is 30.5 Å². The van der Waals surface area contributed by atoms with Crippen LogP contribution in [0.2, 0.25) is 0 Å². The summed E-state index contributed by atoms with van der Waals surface area (Å²) < 4.78 is 44.2. The molecular formula is C25H25F3N4O2. The van der Waals surface area contributed by atoms with Gasteiger partial charge >= 0.3 is 6.18 Å². The van der Waals surface area contributed by atoms with Gasteiger partial charge in [0.15, 0.2) is 0 Å². The van der Waals surface area contributed by atoms with E-state index >= 15 is 0 Å². The molecule has 1 fully saturated rings. The number of aromatic nitrogens is 2. The summed E-state index contributed by atoms with van der Waals surface area (Å²) in [5, 5.41) is 3.85. The molecule has 0 N–H and O–H groups in total. The molecule has 0 bridgehead atoms. The summed E-state index contributed by atoms with van der Waals surface area (Å²) in [5.41, 5.74) is 2.90. The highest BCUT2D eigenvalue weighted by molar-refractivity contribution is 5.94. The minimum absolute atomic E-state index is 0.0534. The lowest BCUT2D eigenvalue weighted by atomic mass is 9.90. The van der Waals surface area contributed by atoms with Crippen molar-refractivity contribution in [1.82, 2.24) is 19.9 Å². The van der Waals surface area contributed by atoms with E-state index in [2.05, 4.69) is 27.2 Å².